The number of unbranched alkanes of at least 4 members (excludes halogenated alkanes) is 18. The number of fused-ring (bicyclic) bond motifs is 12. The first-order valence-corrected chi connectivity index (χ1v) is 35.0. The predicted molar refractivity (Wildman–Crippen MR) is 355 cm³/mol. The highest BCUT2D eigenvalue weighted by Gasteiger charge is 2.57. The molecule has 428 valence electrons. The van der Waals surface area contributed by atoms with E-state index in [1.54, 1.807) is 61.2 Å². The Morgan fingerprint density at radius 1 is 0.333 bits per heavy atom. The van der Waals surface area contributed by atoms with Crippen LogP contribution in [-0.4, -0.2) is 6.29 Å². The van der Waals surface area contributed by atoms with Gasteiger partial charge in [-0.25, -0.2) is 0 Å². The van der Waals surface area contributed by atoms with E-state index in [2.05, 4.69) is 143 Å². The lowest BCUT2D eigenvalue weighted by Crippen LogP contribution is -2.31. The molecule has 0 unspecified atom stereocenters. The number of carbonyl (C=O) groups is 1. The molecular weight excluding hydrogens is 1020 g/mol. The van der Waals surface area contributed by atoms with Crippen LogP contribution in [0.2, 0.25) is 0 Å². The van der Waals surface area contributed by atoms with Gasteiger partial charge in [-0.2, -0.15) is 0 Å². The third-order valence-electron chi connectivity index (χ3n) is 20.1. The zero-order valence-electron chi connectivity index (χ0n) is 51.0. The van der Waals surface area contributed by atoms with Gasteiger partial charge in [-0.15, -0.1) is 22.7 Å². The van der Waals surface area contributed by atoms with Gasteiger partial charge < -0.3 is 0 Å². The molecule has 0 atom stereocenters. The maximum atomic E-state index is 12.1. The monoisotopic (exact) mass is 1110 g/mol. The lowest BCUT2D eigenvalue weighted by Gasteiger charge is -2.40. The van der Waals surface area contributed by atoms with Crippen LogP contribution in [0.1, 0.15) is 278 Å². The fraction of sp³-hybridized carbons (Fsp3) is 0.500. The zero-order chi connectivity index (χ0) is 56.2. The Morgan fingerprint density at radius 2 is 0.630 bits per heavy atom. The highest BCUT2D eigenvalue weighted by molar-refractivity contribution is 7.13. The van der Waals surface area contributed by atoms with Crippen LogP contribution >= 0.6 is 22.7 Å². The Morgan fingerprint density at radius 3 is 0.914 bits per heavy atom. The van der Waals surface area contributed by atoms with Gasteiger partial charge >= 0.3 is 0 Å². The Kier molecular flexibility index (Phi) is 20.3. The van der Waals surface area contributed by atoms with Crippen molar-refractivity contribution in [3.05, 3.63) is 153 Å². The van der Waals surface area contributed by atoms with E-state index in [1.807, 2.05) is 34.8 Å². The van der Waals surface area contributed by atoms with Crippen molar-refractivity contribution in [3.8, 4) is 65.4 Å². The number of hydrogen-bond acceptors (Lipinski definition) is 3. The van der Waals surface area contributed by atoms with E-state index in [0.717, 1.165) is 11.8 Å². The van der Waals surface area contributed by atoms with Crippen molar-refractivity contribution in [3.63, 3.8) is 0 Å². The minimum Gasteiger partial charge on any atom is -0.298 e. The standard InChI is InChI=1S/C78H98OS2/c1-7-13-19-25-45-76(46-26-20-14-8-2)65-53-59(58-37-35-57(56-79)36-38-58)39-42-62(65)70-73(76)71-63-43-40-60(68-33-31-51-80-68)54-66(63)78(49-29-23-17-11-5,50-30-24-18-12-6)75(71)72-64-44-41-61(69-34-32-52-81-69)55-67(64)77(74(70)72,47-27-21-15-9-3)48-28-22-16-10-4/h31-44,51-56H,7-30,45-50H2,1-6H3. The van der Waals surface area contributed by atoms with E-state index in [9.17, 15) is 4.79 Å². The average Bonchev–Trinajstić information content (AvgIpc) is 1.68. The van der Waals surface area contributed by atoms with Crippen molar-refractivity contribution in [2.75, 3.05) is 0 Å². The van der Waals surface area contributed by atoms with E-state index in [4.69, 9.17) is 0 Å². The van der Waals surface area contributed by atoms with Crippen LogP contribution in [0.3, 0.4) is 0 Å². The molecule has 3 heteroatoms. The molecule has 3 aliphatic carbocycles. The van der Waals surface area contributed by atoms with Gasteiger partial charge in [-0.3, -0.25) is 4.79 Å². The number of rotatable bonds is 34. The third kappa shape index (κ3) is 11.6. The summed E-state index contributed by atoms with van der Waals surface area (Å²) >= 11 is 3.82. The third-order valence-corrected chi connectivity index (χ3v) is 21.9. The minimum absolute atomic E-state index is 0.126. The Labute approximate surface area is 499 Å². The molecule has 0 saturated carbocycles. The molecule has 5 aromatic carbocycles. The molecule has 2 heterocycles. The van der Waals surface area contributed by atoms with Crippen LogP contribution < -0.4 is 0 Å². The van der Waals surface area contributed by atoms with E-state index < -0.39 is 0 Å². The fourth-order valence-corrected chi connectivity index (χ4v) is 17.5. The molecule has 0 saturated heterocycles. The van der Waals surface area contributed by atoms with Crippen LogP contribution in [-0.2, 0) is 16.2 Å². The maximum Gasteiger partial charge on any atom is 0.150 e. The van der Waals surface area contributed by atoms with Gasteiger partial charge in [0.1, 0.15) is 6.29 Å². The smallest absolute Gasteiger partial charge is 0.150 e. The molecule has 2 aromatic heterocycles. The second-order valence-electron chi connectivity index (χ2n) is 25.3. The minimum atomic E-state index is -0.165. The van der Waals surface area contributed by atoms with Crippen molar-refractivity contribution < 1.29 is 4.79 Å². The Balaban J connectivity index is 1.40. The van der Waals surface area contributed by atoms with Gasteiger partial charge in [0, 0.05) is 31.6 Å². The zero-order valence-corrected chi connectivity index (χ0v) is 52.6. The van der Waals surface area contributed by atoms with Crippen LogP contribution in [0, 0.1) is 0 Å². The summed E-state index contributed by atoms with van der Waals surface area (Å²) in [6.45, 7) is 14.4. The van der Waals surface area contributed by atoms with Gasteiger partial charge in [-0.1, -0.05) is 268 Å². The summed E-state index contributed by atoms with van der Waals surface area (Å²) in [7, 11) is 0. The second kappa shape index (κ2) is 27.7. The largest absolute Gasteiger partial charge is 0.298 e. The van der Waals surface area contributed by atoms with Crippen molar-refractivity contribution in [2.45, 2.75) is 250 Å². The molecule has 7 aromatic rings. The van der Waals surface area contributed by atoms with Gasteiger partial charge in [-0.05, 0) is 169 Å². The number of carbonyl (C=O) groups excluding carboxylic acids is 1. The summed E-state index contributed by atoms with van der Waals surface area (Å²) in [5.74, 6) is 0. The molecule has 0 radical (unpaired) electrons. The van der Waals surface area contributed by atoms with E-state index in [-0.39, 0.29) is 16.2 Å². The molecule has 0 amide bonds. The molecule has 10 rings (SSSR count). The topological polar surface area (TPSA) is 17.1 Å². The van der Waals surface area contributed by atoms with Crippen molar-refractivity contribution in [1.29, 1.82) is 0 Å². The molecule has 0 N–H and O–H groups in total. The summed E-state index contributed by atoms with van der Waals surface area (Å²) in [5.41, 5.74) is 25.3. The lowest BCUT2D eigenvalue weighted by atomic mass is 9.63. The first kappa shape index (κ1) is 59.3. The first-order valence-electron chi connectivity index (χ1n) is 33.2. The quantitative estimate of drug-likeness (QED) is 0.0290. The van der Waals surface area contributed by atoms with Gasteiger partial charge in [0.05, 0.1) is 0 Å². The van der Waals surface area contributed by atoms with Crippen LogP contribution in [0.15, 0.2) is 114 Å². The van der Waals surface area contributed by atoms with Gasteiger partial charge in [0.15, 0.2) is 0 Å². The summed E-state index contributed by atoms with van der Waals surface area (Å²) in [4.78, 5) is 14.9. The van der Waals surface area contributed by atoms with Crippen LogP contribution in [0.5, 0.6) is 0 Å². The summed E-state index contributed by atoms with van der Waals surface area (Å²) in [5, 5.41) is 4.57. The fourth-order valence-electron chi connectivity index (χ4n) is 16.1. The Hall–Kier alpha value is -4.83. The van der Waals surface area contributed by atoms with Crippen molar-refractivity contribution >= 4 is 29.0 Å². The SMILES string of the molecule is CCCCCCC1(CCCCCC)c2cc(-c3ccc(C=O)cc3)ccc2-c2c1c1c(c3c2C(CCCCCC)(CCCCCC)c2cc(-c4cccs4)ccc2-3)C(CCCCCC)(CCCCCC)c2cc(-c3cccs3)ccc2-1. The van der Waals surface area contributed by atoms with E-state index >= 15 is 0 Å². The molecule has 0 fully saturated rings. The summed E-state index contributed by atoms with van der Waals surface area (Å²) < 4.78 is 0. The molecule has 0 bridgehead atoms. The molecule has 0 spiro atoms. The van der Waals surface area contributed by atoms with E-state index in [1.165, 1.54) is 230 Å². The highest BCUT2D eigenvalue weighted by Crippen LogP contribution is 2.72. The first-order chi connectivity index (χ1) is 39.9. The average molecular weight is 1120 g/mol. The number of thiophene rings is 2. The van der Waals surface area contributed by atoms with Crippen LogP contribution in [0.25, 0.3) is 65.4 Å². The number of hydrogen-bond donors (Lipinski definition) is 0. The lowest BCUT2D eigenvalue weighted by molar-refractivity contribution is 0.112. The molecule has 0 aliphatic heterocycles. The summed E-state index contributed by atoms with van der Waals surface area (Å²) in [6, 6.07) is 41.6. The molecule has 3 aliphatic rings. The Bertz CT molecular complexity index is 3070. The van der Waals surface area contributed by atoms with Crippen molar-refractivity contribution in [1.82, 2.24) is 0 Å². The highest BCUT2D eigenvalue weighted by atomic mass is 32.1. The molecular formula is C78H98OS2. The molecule has 1 nitrogen and oxygen atoms in total. The normalized spacial score (nSPS) is 14.6. The molecule has 81 heavy (non-hydrogen) atoms. The van der Waals surface area contributed by atoms with Crippen molar-refractivity contribution in [2.24, 2.45) is 0 Å². The van der Waals surface area contributed by atoms with Gasteiger partial charge in [0.2, 0.25) is 0 Å². The van der Waals surface area contributed by atoms with Crippen LogP contribution in [0.4, 0.5) is 0 Å². The van der Waals surface area contributed by atoms with Gasteiger partial charge in [0.25, 0.3) is 0 Å². The second-order valence-corrected chi connectivity index (χ2v) is 27.2. The summed E-state index contributed by atoms with van der Waals surface area (Å²) in [6.07, 6.45) is 38.5. The number of aldehydes is 1. The van der Waals surface area contributed by atoms with E-state index in [0.29, 0.717) is 0 Å². The predicted octanol–water partition coefficient (Wildman–Crippen LogP) is 25.2. The number of benzene rings is 5. The maximum absolute atomic E-state index is 12.1.